The van der Waals surface area contributed by atoms with Crippen molar-refractivity contribution in [3.63, 3.8) is 0 Å². The van der Waals surface area contributed by atoms with Crippen molar-refractivity contribution < 1.29 is 18.0 Å². The standard InChI is InChI=1S/C17H25NO4S/c1-16(2)12-8-9-17(16,15(19)10-12)11-23(20,21)18-13-4-3-5-14(22-18)7-6-13/h6-7,12-14H,3-5,8-11H2,1-2H3/t12-,13+,14-,17-/m1/s1. The lowest BCUT2D eigenvalue weighted by atomic mass is 9.70. The van der Waals surface area contributed by atoms with Crippen LogP contribution in [0.1, 0.15) is 52.4 Å². The molecule has 0 aromatic rings. The minimum Gasteiger partial charge on any atom is -0.299 e. The molecule has 2 saturated carbocycles. The molecule has 2 aliphatic heterocycles. The number of fused-ring (bicyclic) bond motifs is 5. The normalized spacial score (nSPS) is 42.3. The van der Waals surface area contributed by atoms with Crippen LogP contribution >= 0.6 is 0 Å². The summed E-state index contributed by atoms with van der Waals surface area (Å²) in [5.74, 6) is 0.365. The van der Waals surface area contributed by atoms with Crippen LogP contribution in [0, 0.1) is 16.7 Å². The van der Waals surface area contributed by atoms with Gasteiger partial charge in [0, 0.05) is 11.8 Å². The lowest BCUT2D eigenvalue weighted by Gasteiger charge is -2.39. The quantitative estimate of drug-likeness (QED) is 0.741. The zero-order valence-electron chi connectivity index (χ0n) is 13.8. The number of nitrogens with zero attached hydrogens (tertiary/aromatic N) is 1. The Balaban J connectivity index is 1.66. The van der Waals surface area contributed by atoms with E-state index in [-0.39, 0.29) is 29.1 Å². The highest BCUT2D eigenvalue weighted by Gasteiger charge is 2.66. The predicted molar refractivity (Wildman–Crippen MR) is 85.8 cm³/mol. The molecule has 3 fully saturated rings. The molecule has 1 saturated heterocycles. The van der Waals surface area contributed by atoms with E-state index in [1.165, 1.54) is 4.47 Å². The van der Waals surface area contributed by atoms with Crippen molar-refractivity contribution in [2.45, 2.75) is 64.5 Å². The van der Waals surface area contributed by atoms with E-state index in [0.717, 1.165) is 25.7 Å². The maximum Gasteiger partial charge on any atom is 0.237 e. The van der Waals surface area contributed by atoms with E-state index in [1.54, 1.807) is 0 Å². The molecular weight excluding hydrogens is 314 g/mol. The first-order valence-corrected chi connectivity index (χ1v) is 10.3. The number of sulfonamides is 1. The maximum atomic E-state index is 13.1. The highest BCUT2D eigenvalue weighted by atomic mass is 32.2. The molecular formula is C17H25NO4S. The molecule has 5 nitrogen and oxygen atoms in total. The van der Waals surface area contributed by atoms with Gasteiger partial charge in [0.1, 0.15) is 5.78 Å². The first-order chi connectivity index (χ1) is 10.8. The van der Waals surface area contributed by atoms with Crippen molar-refractivity contribution >= 4 is 15.8 Å². The fourth-order valence-corrected chi connectivity index (χ4v) is 7.46. The number of rotatable bonds is 3. The first-order valence-electron chi connectivity index (χ1n) is 8.67. The van der Waals surface area contributed by atoms with E-state index < -0.39 is 15.4 Å². The second-order valence-electron chi connectivity index (χ2n) is 8.21. The molecule has 5 aliphatic rings. The molecule has 6 heteroatoms. The largest absolute Gasteiger partial charge is 0.299 e. The van der Waals surface area contributed by atoms with Gasteiger partial charge in [-0.15, -0.1) is 0 Å². The fraction of sp³-hybridized carbons (Fsp3) is 0.824. The van der Waals surface area contributed by atoms with E-state index in [2.05, 4.69) is 13.8 Å². The second kappa shape index (κ2) is 4.90. The summed E-state index contributed by atoms with van der Waals surface area (Å²) in [6, 6.07) is -0.216. The van der Waals surface area contributed by atoms with Crippen LogP contribution < -0.4 is 0 Å². The molecule has 0 aromatic heterocycles. The Kier molecular flexibility index (Phi) is 3.36. The summed E-state index contributed by atoms with van der Waals surface area (Å²) in [5, 5.41) is 0. The van der Waals surface area contributed by atoms with E-state index in [0.29, 0.717) is 18.8 Å². The number of hydroxylamine groups is 1. The van der Waals surface area contributed by atoms with E-state index in [4.69, 9.17) is 4.84 Å². The Morgan fingerprint density at radius 2 is 2.04 bits per heavy atom. The summed E-state index contributed by atoms with van der Waals surface area (Å²) in [5.41, 5.74) is -0.965. The third kappa shape index (κ3) is 2.11. The molecule has 0 radical (unpaired) electrons. The Morgan fingerprint density at radius 1 is 1.26 bits per heavy atom. The highest BCUT2D eigenvalue weighted by molar-refractivity contribution is 7.89. The van der Waals surface area contributed by atoms with Crippen LogP contribution in [0.25, 0.3) is 0 Å². The van der Waals surface area contributed by atoms with Gasteiger partial charge in [-0.2, -0.15) is 0 Å². The van der Waals surface area contributed by atoms with Crippen LogP contribution in [0.2, 0.25) is 0 Å². The van der Waals surface area contributed by atoms with Gasteiger partial charge in [-0.05, 0) is 43.4 Å². The number of hydrogen-bond acceptors (Lipinski definition) is 4. The van der Waals surface area contributed by atoms with Gasteiger partial charge in [-0.1, -0.05) is 30.5 Å². The minimum absolute atomic E-state index is 0.0978. The van der Waals surface area contributed by atoms with Gasteiger partial charge in [0.2, 0.25) is 10.0 Å². The van der Waals surface area contributed by atoms with Crippen LogP contribution in [0.15, 0.2) is 12.2 Å². The van der Waals surface area contributed by atoms with Crippen LogP contribution in [-0.4, -0.2) is 36.6 Å². The fourth-order valence-electron chi connectivity index (χ4n) is 5.20. The smallest absolute Gasteiger partial charge is 0.237 e. The third-order valence-corrected chi connectivity index (χ3v) is 8.65. The summed E-state index contributed by atoms with van der Waals surface area (Å²) in [6.07, 6.45) is 8.58. The molecule has 23 heavy (non-hydrogen) atoms. The molecule has 0 amide bonds. The Morgan fingerprint density at radius 3 is 2.70 bits per heavy atom. The maximum absolute atomic E-state index is 13.1. The molecule has 3 aliphatic carbocycles. The molecule has 2 heterocycles. The Hall–Kier alpha value is -0.720. The SMILES string of the molecule is CC1(C)[C@@H]2CC[C@@]1(CS(=O)(=O)N1O[C@H]3C=C[C@@H]1CCC3)C(=O)C2. The summed E-state index contributed by atoms with van der Waals surface area (Å²) >= 11 is 0. The van der Waals surface area contributed by atoms with Gasteiger partial charge in [0.25, 0.3) is 0 Å². The van der Waals surface area contributed by atoms with Crippen molar-refractivity contribution in [3.05, 3.63) is 12.2 Å². The van der Waals surface area contributed by atoms with Gasteiger partial charge in [-0.25, -0.2) is 8.42 Å². The molecule has 0 aromatic carbocycles. The molecule has 0 spiro atoms. The molecule has 4 atom stereocenters. The Bertz CT molecular complexity index is 668. The number of carbonyl (C=O) groups excluding carboxylic acids is 1. The van der Waals surface area contributed by atoms with Crippen molar-refractivity contribution in [1.82, 2.24) is 4.47 Å². The molecule has 0 N–H and O–H groups in total. The van der Waals surface area contributed by atoms with Gasteiger partial charge in [0.05, 0.1) is 17.9 Å². The van der Waals surface area contributed by atoms with Crippen molar-refractivity contribution in [3.8, 4) is 0 Å². The van der Waals surface area contributed by atoms with Crippen molar-refractivity contribution in [2.24, 2.45) is 16.7 Å². The molecule has 0 unspecified atom stereocenters. The van der Waals surface area contributed by atoms with Gasteiger partial charge >= 0.3 is 0 Å². The zero-order valence-corrected chi connectivity index (χ0v) is 14.6. The minimum atomic E-state index is -3.63. The zero-order chi connectivity index (χ0) is 16.5. The topological polar surface area (TPSA) is 63.7 Å². The summed E-state index contributed by atoms with van der Waals surface area (Å²) < 4.78 is 27.4. The highest BCUT2D eigenvalue weighted by Crippen LogP contribution is 2.64. The van der Waals surface area contributed by atoms with Crippen LogP contribution in [0.4, 0.5) is 0 Å². The summed E-state index contributed by atoms with van der Waals surface area (Å²) in [7, 11) is -3.63. The Labute approximate surface area is 138 Å². The third-order valence-electron chi connectivity index (χ3n) is 6.89. The monoisotopic (exact) mass is 339 g/mol. The molecule has 128 valence electrons. The van der Waals surface area contributed by atoms with Gasteiger partial charge in [-0.3, -0.25) is 9.63 Å². The van der Waals surface area contributed by atoms with Crippen LogP contribution in [0.5, 0.6) is 0 Å². The van der Waals surface area contributed by atoms with E-state index in [9.17, 15) is 13.2 Å². The number of hydrogen-bond donors (Lipinski definition) is 0. The van der Waals surface area contributed by atoms with E-state index >= 15 is 0 Å². The lowest BCUT2D eigenvalue weighted by Crippen LogP contribution is -2.50. The molecule has 4 bridgehead atoms. The summed E-state index contributed by atoms with van der Waals surface area (Å²) in [4.78, 5) is 18.4. The number of Topliss-reactive ketones (excluding diaryl/α,β-unsaturated/α-hetero) is 1. The van der Waals surface area contributed by atoms with Gasteiger partial charge < -0.3 is 0 Å². The van der Waals surface area contributed by atoms with Gasteiger partial charge in [0.15, 0.2) is 0 Å². The number of carbonyl (C=O) groups is 1. The van der Waals surface area contributed by atoms with Crippen molar-refractivity contribution in [2.75, 3.05) is 5.75 Å². The van der Waals surface area contributed by atoms with Crippen LogP contribution in [0.3, 0.4) is 0 Å². The predicted octanol–water partition coefficient (Wildman–Crippen LogP) is 2.44. The van der Waals surface area contributed by atoms with E-state index in [1.807, 2.05) is 12.2 Å². The second-order valence-corrected chi connectivity index (χ2v) is 10.0. The molecule has 5 rings (SSSR count). The number of ketones is 1. The summed E-state index contributed by atoms with van der Waals surface area (Å²) in [6.45, 7) is 4.14. The first kappa shape index (κ1) is 15.8. The average Bonchev–Trinajstić information content (AvgIpc) is 2.77. The van der Waals surface area contributed by atoms with Crippen molar-refractivity contribution in [1.29, 1.82) is 0 Å². The average molecular weight is 339 g/mol. The van der Waals surface area contributed by atoms with Crippen LogP contribution in [-0.2, 0) is 19.7 Å². The lowest BCUT2D eigenvalue weighted by molar-refractivity contribution is -0.133.